The number of halogens is 1. The number of anilines is 3. The first-order valence-electron chi connectivity index (χ1n) is 11.7. The number of amidine groups is 1. The predicted molar refractivity (Wildman–Crippen MR) is 134 cm³/mol. The Balaban J connectivity index is 1.62. The molecule has 0 atom stereocenters. The van der Waals surface area contributed by atoms with E-state index in [0.29, 0.717) is 5.69 Å². The topological polar surface area (TPSA) is 131 Å². The quantitative estimate of drug-likeness (QED) is 0.501. The summed E-state index contributed by atoms with van der Waals surface area (Å²) in [5.41, 5.74) is 4.30. The van der Waals surface area contributed by atoms with Crippen LogP contribution in [0.1, 0.15) is 46.0 Å². The van der Waals surface area contributed by atoms with E-state index in [4.69, 9.17) is 10.1 Å². The van der Waals surface area contributed by atoms with Gasteiger partial charge >= 0.3 is 0 Å². The lowest BCUT2D eigenvalue weighted by Gasteiger charge is -2.49. The monoisotopic (exact) mass is 500 g/mol. The molecule has 0 bridgehead atoms. The third-order valence-corrected chi connectivity index (χ3v) is 7.72. The van der Waals surface area contributed by atoms with Crippen LogP contribution in [0.5, 0.6) is 0 Å². The van der Waals surface area contributed by atoms with Crippen LogP contribution < -0.4 is 20.9 Å². The average molecular weight is 501 g/mol. The van der Waals surface area contributed by atoms with Gasteiger partial charge in [-0.3, -0.25) is 20.0 Å². The van der Waals surface area contributed by atoms with Crippen LogP contribution in [0.3, 0.4) is 0 Å². The molecule has 3 aromatic rings. The van der Waals surface area contributed by atoms with Crippen molar-refractivity contribution in [1.29, 1.82) is 0 Å². The number of rotatable bonds is 4. The average Bonchev–Trinajstić information content (AvgIpc) is 3.18. The summed E-state index contributed by atoms with van der Waals surface area (Å²) in [6.07, 6.45) is 7.00. The molecule has 186 valence electrons. The van der Waals surface area contributed by atoms with Gasteiger partial charge in [-0.25, -0.2) is 22.9 Å². The number of hydrazine groups is 1. The normalized spacial score (nSPS) is 18.8. The van der Waals surface area contributed by atoms with Crippen LogP contribution >= 0.6 is 0 Å². The third-order valence-electron chi connectivity index (χ3n) is 6.78. The molecule has 1 aromatic carbocycles. The van der Waals surface area contributed by atoms with Crippen molar-refractivity contribution in [2.24, 2.45) is 10.1 Å². The number of sulfonamides is 1. The number of aromatic nitrogens is 3. The largest absolute Gasteiger partial charge is 0.324 e. The number of benzene rings is 1. The molecule has 5 rings (SSSR count). The second kappa shape index (κ2) is 8.45. The lowest BCUT2D eigenvalue weighted by atomic mass is 9.79. The Morgan fingerprint density at radius 1 is 1.23 bits per heavy atom. The number of primary sulfonamides is 1. The molecule has 3 heterocycles. The van der Waals surface area contributed by atoms with Gasteiger partial charge in [0.2, 0.25) is 16.0 Å². The summed E-state index contributed by atoms with van der Waals surface area (Å²) in [7, 11) is -2.33. The molecule has 10 nitrogen and oxygen atoms in total. The molecule has 1 aliphatic heterocycles. The number of nitrogens with zero attached hydrogens (tertiary/aromatic N) is 5. The number of hydrogen-bond acceptors (Lipinski definition) is 7. The fourth-order valence-corrected chi connectivity index (χ4v) is 5.79. The highest BCUT2D eigenvalue weighted by atomic mass is 32.2. The van der Waals surface area contributed by atoms with E-state index in [1.54, 1.807) is 6.20 Å². The first kappa shape index (κ1) is 23.5. The molecular formula is C23H29FN8O2S. The predicted octanol–water partition coefficient (Wildman–Crippen LogP) is 3.38. The zero-order valence-corrected chi connectivity index (χ0v) is 20.7. The molecule has 1 saturated carbocycles. The van der Waals surface area contributed by atoms with Gasteiger partial charge in [-0.15, -0.1) is 0 Å². The number of nitrogens with one attached hydrogen (secondary N) is 2. The van der Waals surface area contributed by atoms with Crippen molar-refractivity contribution in [2.75, 3.05) is 17.4 Å². The van der Waals surface area contributed by atoms with Crippen molar-refractivity contribution in [3.8, 4) is 0 Å². The van der Waals surface area contributed by atoms with Gasteiger partial charge in [0, 0.05) is 30.4 Å². The first-order chi connectivity index (χ1) is 16.6. The van der Waals surface area contributed by atoms with Gasteiger partial charge in [0.15, 0.2) is 0 Å². The maximum absolute atomic E-state index is 14.3. The van der Waals surface area contributed by atoms with E-state index in [1.807, 2.05) is 7.05 Å². The molecule has 35 heavy (non-hydrogen) atoms. The Kier molecular flexibility index (Phi) is 5.67. The van der Waals surface area contributed by atoms with Gasteiger partial charge in [-0.1, -0.05) is 19.3 Å². The molecule has 2 aliphatic rings. The number of hydrogen-bond donors (Lipinski definition) is 3. The van der Waals surface area contributed by atoms with Crippen LogP contribution in [0, 0.1) is 5.82 Å². The van der Waals surface area contributed by atoms with Crippen LogP contribution in [-0.2, 0) is 15.6 Å². The van der Waals surface area contributed by atoms with Gasteiger partial charge in [0.25, 0.3) is 0 Å². The molecular weight excluding hydrogens is 471 g/mol. The van der Waals surface area contributed by atoms with E-state index < -0.39 is 20.7 Å². The Labute approximate surface area is 203 Å². The highest BCUT2D eigenvalue weighted by Crippen LogP contribution is 2.44. The zero-order valence-electron chi connectivity index (χ0n) is 19.9. The standard InChI is InChI=1S/C23H29FN8O2S/c1-14(2)32-19-11-15-13-27-22(28-16-7-8-18(17(24)12-16)35(25,33)34)29-20(15)31(19)23(21(26-3)30-32)9-5-4-6-10-23/h7-8,11-14H,4-6,9-10H2,1-3H3,(H,26,30)(H2,25,33,34)(H,27,28,29). The van der Waals surface area contributed by atoms with Gasteiger partial charge < -0.3 is 5.32 Å². The maximum Gasteiger partial charge on any atom is 0.240 e. The smallest absolute Gasteiger partial charge is 0.240 e. The van der Waals surface area contributed by atoms with Gasteiger partial charge in [0.05, 0.1) is 0 Å². The summed E-state index contributed by atoms with van der Waals surface area (Å²) >= 11 is 0. The van der Waals surface area contributed by atoms with Crippen molar-refractivity contribution < 1.29 is 12.8 Å². The van der Waals surface area contributed by atoms with Crippen LogP contribution in [0.25, 0.3) is 11.0 Å². The summed E-state index contributed by atoms with van der Waals surface area (Å²) < 4.78 is 39.7. The first-order valence-corrected chi connectivity index (χ1v) is 13.2. The summed E-state index contributed by atoms with van der Waals surface area (Å²) in [4.78, 5) is 13.3. The summed E-state index contributed by atoms with van der Waals surface area (Å²) in [5, 5.41) is 11.0. The molecule has 0 saturated heterocycles. The Bertz CT molecular complexity index is 1430. The summed E-state index contributed by atoms with van der Waals surface area (Å²) in [6, 6.07) is 5.86. The number of aliphatic imine (C=N–C) groups is 1. The van der Waals surface area contributed by atoms with Crippen LogP contribution in [-0.4, -0.2) is 41.9 Å². The molecule has 2 aromatic heterocycles. The Morgan fingerprint density at radius 3 is 2.60 bits per heavy atom. The van der Waals surface area contributed by atoms with Crippen LogP contribution in [0.2, 0.25) is 0 Å². The molecule has 4 N–H and O–H groups in total. The van der Waals surface area contributed by atoms with Gasteiger partial charge in [0.1, 0.15) is 33.6 Å². The van der Waals surface area contributed by atoms with Crippen molar-refractivity contribution in [3.05, 3.63) is 36.3 Å². The molecule has 12 heteroatoms. The maximum atomic E-state index is 14.3. The van der Waals surface area contributed by atoms with Crippen LogP contribution in [0.15, 0.2) is 40.4 Å². The van der Waals surface area contributed by atoms with Crippen molar-refractivity contribution >= 4 is 44.3 Å². The second-order valence-corrected chi connectivity index (χ2v) is 10.9. The fraction of sp³-hybridized carbons (Fsp3) is 0.435. The van der Waals surface area contributed by atoms with E-state index in [0.717, 1.165) is 60.5 Å². The van der Waals surface area contributed by atoms with Crippen molar-refractivity contribution in [3.63, 3.8) is 0 Å². The van der Waals surface area contributed by atoms with Crippen LogP contribution in [0.4, 0.5) is 21.8 Å². The van der Waals surface area contributed by atoms with E-state index in [9.17, 15) is 12.8 Å². The lowest BCUT2D eigenvalue weighted by molar-refractivity contribution is 0.267. The van der Waals surface area contributed by atoms with Gasteiger partial charge in [-0.05, 0) is 51.0 Å². The highest BCUT2D eigenvalue weighted by Gasteiger charge is 2.46. The Hall–Kier alpha value is -3.25. The van der Waals surface area contributed by atoms with Gasteiger partial charge in [-0.2, -0.15) is 4.98 Å². The van der Waals surface area contributed by atoms with E-state index in [-0.39, 0.29) is 17.5 Å². The molecule has 0 unspecified atom stereocenters. The Morgan fingerprint density at radius 2 is 1.97 bits per heavy atom. The molecule has 1 fully saturated rings. The van der Waals surface area contributed by atoms with Crippen molar-refractivity contribution in [1.82, 2.24) is 20.0 Å². The van der Waals surface area contributed by atoms with Crippen molar-refractivity contribution in [2.45, 2.75) is 62.4 Å². The summed E-state index contributed by atoms with van der Waals surface area (Å²) in [5.74, 6) is 1.25. The number of nitrogens with two attached hydrogens (primary N) is 1. The minimum absolute atomic E-state index is 0.168. The minimum atomic E-state index is -4.15. The van der Waals surface area contributed by atoms with E-state index in [2.05, 4.69) is 50.2 Å². The SMILES string of the molecule is CN=C1NN(C(C)C)c2cc3cnc(Nc4ccc(S(N)(=O)=O)c(F)c4)nc3n2C12CCCCC2. The van der Waals surface area contributed by atoms with E-state index in [1.165, 1.54) is 12.5 Å². The third kappa shape index (κ3) is 3.90. The zero-order chi connectivity index (χ0) is 25.0. The highest BCUT2D eigenvalue weighted by molar-refractivity contribution is 7.89. The molecule has 1 aliphatic carbocycles. The van der Waals surface area contributed by atoms with E-state index >= 15 is 0 Å². The molecule has 0 radical (unpaired) electrons. The second-order valence-electron chi connectivity index (χ2n) is 9.37. The number of fused-ring (bicyclic) bond motifs is 4. The minimum Gasteiger partial charge on any atom is -0.324 e. The summed E-state index contributed by atoms with van der Waals surface area (Å²) in [6.45, 7) is 4.22. The fourth-order valence-electron chi connectivity index (χ4n) is 5.20. The molecule has 1 spiro atoms. The lowest BCUT2D eigenvalue weighted by Crippen LogP contribution is -2.62. The molecule has 0 amide bonds.